The molecule has 1 fully saturated rings. The van der Waals surface area contributed by atoms with E-state index in [2.05, 4.69) is 21.2 Å². The van der Waals surface area contributed by atoms with Crippen molar-refractivity contribution in [3.05, 3.63) is 59.9 Å². The predicted molar refractivity (Wildman–Crippen MR) is 112 cm³/mol. The standard InChI is InChI=1S/C20H20FN5O2S/c1-12-7-8-13(9-16(12)21)23-17(27)11-29-20-24-18-15(10-22-25-18)19(28)26(20)14-5-3-2-4-6-14/h2-9,15,18,22,25H,10-11H2,1H3,(H,23,27). The number of carbonyl (C=O) groups is 2. The van der Waals surface area contributed by atoms with Gasteiger partial charge in [-0.1, -0.05) is 36.0 Å². The lowest BCUT2D eigenvalue weighted by Crippen LogP contribution is -2.49. The molecule has 9 heteroatoms. The number of nitrogens with zero attached hydrogens (tertiary/aromatic N) is 2. The van der Waals surface area contributed by atoms with E-state index in [0.29, 0.717) is 28.7 Å². The second-order valence-corrected chi connectivity index (χ2v) is 7.74. The highest BCUT2D eigenvalue weighted by Crippen LogP contribution is 2.29. The number of aryl methyl sites for hydroxylation is 1. The van der Waals surface area contributed by atoms with E-state index in [1.54, 1.807) is 24.0 Å². The summed E-state index contributed by atoms with van der Waals surface area (Å²) in [5, 5.41) is 3.12. The van der Waals surface area contributed by atoms with Crippen LogP contribution < -0.4 is 21.1 Å². The van der Waals surface area contributed by atoms with Gasteiger partial charge in [-0.25, -0.2) is 14.8 Å². The van der Waals surface area contributed by atoms with Crippen molar-refractivity contribution in [2.24, 2.45) is 10.9 Å². The quantitative estimate of drug-likeness (QED) is 0.716. The van der Waals surface area contributed by atoms with Crippen molar-refractivity contribution in [3.8, 4) is 0 Å². The molecule has 0 spiro atoms. The first kappa shape index (κ1) is 19.6. The summed E-state index contributed by atoms with van der Waals surface area (Å²) in [6.45, 7) is 2.15. The number of hydrogen-bond acceptors (Lipinski definition) is 6. The number of thioether (sulfide) groups is 1. The molecule has 4 rings (SSSR count). The molecule has 2 aliphatic rings. The van der Waals surface area contributed by atoms with Gasteiger partial charge >= 0.3 is 0 Å². The predicted octanol–water partition coefficient (Wildman–Crippen LogP) is 2.26. The van der Waals surface area contributed by atoms with Crippen LogP contribution in [0.5, 0.6) is 0 Å². The van der Waals surface area contributed by atoms with Crippen LogP contribution in [0, 0.1) is 18.7 Å². The second-order valence-electron chi connectivity index (χ2n) is 6.80. The van der Waals surface area contributed by atoms with Gasteiger partial charge < -0.3 is 5.32 Å². The summed E-state index contributed by atoms with van der Waals surface area (Å²) in [4.78, 5) is 31.6. The van der Waals surface area contributed by atoms with Gasteiger partial charge in [0.25, 0.3) is 0 Å². The summed E-state index contributed by atoms with van der Waals surface area (Å²) in [5.74, 6) is -1.02. The molecule has 2 heterocycles. The Morgan fingerprint density at radius 2 is 2.10 bits per heavy atom. The highest BCUT2D eigenvalue weighted by molar-refractivity contribution is 8.14. The molecular formula is C20H20FN5O2S. The monoisotopic (exact) mass is 413 g/mol. The number of benzene rings is 2. The third kappa shape index (κ3) is 4.16. The summed E-state index contributed by atoms with van der Waals surface area (Å²) in [7, 11) is 0. The molecule has 0 aliphatic carbocycles. The zero-order valence-electron chi connectivity index (χ0n) is 15.7. The smallest absolute Gasteiger partial charge is 0.241 e. The molecule has 3 N–H and O–H groups in total. The summed E-state index contributed by atoms with van der Waals surface area (Å²) < 4.78 is 13.7. The number of hydrazine groups is 1. The molecule has 1 saturated heterocycles. The third-order valence-electron chi connectivity index (χ3n) is 4.73. The molecule has 2 aliphatic heterocycles. The first-order chi connectivity index (χ1) is 14.0. The van der Waals surface area contributed by atoms with Gasteiger partial charge in [-0.2, -0.15) is 0 Å². The number of para-hydroxylation sites is 1. The molecule has 2 aromatic rings. The fraction of sp³-hybridized carbons (Fsp3) is 0.250. The molecule has 0 bridgehead atoms. The largest absolute Gasteiger partial charge is 0.325 e. The van der Waals surface area contributed by atoms with Gasteiger partial charge in [-0.05, 0) is 36.8 Å². The van der Waals surface area contributed by atoms with Gasteiger partial charge in [-0.3, -0.25) is 19.9 Å². The number of hydrogen-bond donors (Lipinski definition) is 3. The Morgan fingerprint density at radius 1 is 1.31 bits per heavy atom. The van der Waals surface area contributed by atoms with Crippen molar-refractivity contribution in [2.45, 2.75) is 13.1 Å². The van der Waals surface area contributed by atoms with Gasteiger partial charge in [0.15, 0.2) is 5.17 Å². The van der Waals surface area contributed by atoms with Gasteiger partial charge in [0.05, 0.1) is 17.4 Å². The number of amidine groups is 1. The Labute approximate surface area is 171 Å². The van der Waals surface area contributed by atoms with Crippen molar-refractivity contribution in [1.82, 2.24) is 10.9 Å². The maximum atomic E-state index is 13.7. The molecule has 0 radical (unpaired) electrons. The average molecular weight is 413 g/mol. The van der Waals surface area contributed by atoms with E-state index in [1.165, 1.54) is 17.8 Å². The first-order valence-corrected chi connectivity index (χ1v) is 10.2. The fourth-order valence-electron chi connectivity index (χ4n) is 3.18. The van der Waals surface area contributed by atoms with Crippen LogP contribution in [-0.4, -0.2) is 35.4 Å². The number of rotatable bonds is 4. The number of halogens is 1. The first-order valence-electron chi connectivity index (χ1n) is 9.17. The van der Waals surface area contributed by atoms with Crippen LogP contribution in [0.3, 0.4) is 0 Å². The van der Waals surface area contributed by atoms with Crippen LogP contribution in [-0.2, 0) is 9.59 Å². The van der Waals surface area contributed by atoms with E-state index >= 15 is 0 Å². The maximum absolute atomic E-state index is 13.7. The molecule has 7 nitrogen and oxygen atoms in total. The fourth-order valence-corrected chi connectivity index (χ4v) is 4.03. The van der Waals surface area contributed by atoms with Gasteiger partial charge in [0, 0.05) is 12.2 Å². The zero-order chi connectivity index (χ0) is 20.4. The van der Waals surface area contributed by atoms with Crippen LogP contribution >= 0.6 is 11.8 Å². The number of anilines is 2. The number of carbonyl (C=O) groups excluding carboxylic acids is 2. The van der Waals surface area contributed by atoms with Crippen LogP contribution in [0.1, 0.15) is 5.56 Å². The number of aliphatic imine (C=N–C) groups is 1. The molecule has 2 unspecified atom stereocenters. The molecule has 2 aromatic carbocycles. The van der Waals surface area contributed by atoms with E-state index in [-0.39, 0.29) is 35.5 Å². The summed E-state index contributed by atoms with van der Waals surface area (Å²) >= 11 is 1.17. The van der Waals surface area contributed by atoms with E-state index < -0.39 is 0 Å². The molecule has 2 amide bonds. The maximum Gasteiger partial charge on any atom is 0.241 e. The lowest BCUT2D eigenvalue weighted by atomic mass is 10.1. The molecule has 29 heavy (non-hydrogen) atoms. The Balaban J connectivity index is 1.49. The Kier molecular flexibility index (Phi) is 5.61. The van der Waals surface area contributed by atoms with Crippen molar-refractivity contribution in [1.29, 1.82) is 0 Å². The van der Waals surface area contributed by atoms with Crippen LogP contribution in [0.15, 0.2) is 53.5 Å². The minimum Gasteiger partial charge on any atom is -0.325 e. The lowest BCUT2D eigenvalue weighted by Gasteiger charge is -2.32. The Morgan fingerprint density at radius 3 is 2.86 bits per heavy atom. The Bertz CT molecular complexity index is 969. The second kappa shape index (κ2) is 8.32. The van der Waals surface area contributed by atoms with Crippen molar-refractivity contribution >= 4 is 40.1 Å². The SMILES string of the molecule is Cc1ccc(NC(=O)CSC2=NC3NNCC3C(=O)N2c2ccccc2)cc1F. The zero-order valence-corrected chi connectivity index (χ0v) is 16.5. The normalized spacial score (nSPS) is 21.0. The summed E-state index contributed by atoms with van der Waals surface area (Å²) in [6, 6.07) is 13.8. The summed E-state index contributed by atoms with van der Waals surface area (Å²) in [6.07, 6.45) is -0.362. The van der Waals surface area contributed by atoms with E-state index in [1.807, 2.05) is 30.3 Å². The molecular weight excluding hydrogens is 393 g/mol. The molecule has 0 saturated carbocycles. The van der Waals surface area contributed by atoms with Crippen molar-refractivity contribution < 1.29 is 14.0 Å². The van der Waals surface area contributed by atoms with Crippen LogP contribution in [0.4, 0.5) is 15.8 Å². The van der Waals surface area contributed by atoms with Crippen molar-refractivity contribution in [2.75, 3.05) is 22.5 Å². The molecule has 150 valence electrons. The number of amides is 2. The minimum atomic E-state index is -0.376. The van der Waals surface area contributed by atoms with Gasteiger partial charge in [-0.15, -0.1) is 0 Å². The lowest BCUT2D eigenvalue weighted by molar-refractivity contribution is -0.121. The number of fused-ring (bicyclic) bond motifs is 1. The molecule has 0 aromatic heterocycles. The van der Waals surface area contributed by atoms with Gasteiger partial charge in [0.1, 0.15) is 12.0 Å². The highest BCUT2D eigenvalue weighted by Gasteiger charge is 2.42. The van der Waals surface area contributed by atoms with Gasteiger partial charge in [0.2, 0.25) is 11.8 Å². The average Bonchev–Trinajstić information content (AvgIpc) is 3.19. The topological polar surface area (TPSA) is 85.8 Å². The van der Waals surface area contributed by atoms with E-state index in [4.69, 9.17) is 0 Å². The minimum absolute atomic E-state index is 0.0375. The van der Waals surface area contributed by atoms with Crippen LogP contribution in [0.25, 0.3) is 0 Å². The molecule has 2 atom stereocenters. The third-order valence-corrected chi connectivity index (χ3v) is 5.69. The highest BCUT2D eigenvalue weighted by atomic mass is 32.2. The van der Waals surface area contributed by atoms with E-state index in [9.17, 15) is 14.0 Å². The Hall–Kier alpha value is -2.75. The van der Waals surface area contributed by atoms with E-state index in [0.717, 1.165) is 0 Å². The van der Waals surface area contributed by atoms with Crippen molar-refractivity contribution in [3.63, 3.8) is 0 Å². The summed E-state index contributed by atoms with van der Waals surface area (Å²) in [5.41, 5.74) is 7.56. The number of nitrogens with one attached hydrogen (secondary N) is 3. The van der Waals surface area contributed by atoms with Crippen LogP contribution in [0.2, 0.25) is 0 Å².